The van der Waals surface area contributed by atoms with E-state index >= 15 is 0 Å². The van der Waals surface area contributed by atoms with Gasteiger partial charge in [-0.2, -0.15) is 0 Å². The third-order valence-electron chi connectivity index (χ3n) is 3.17. The summed E-state index contributed by atoms with van der Waals surface area (Å²) in [6, 6.07) is 14.5. The van der Waals surface area contributed by atoms with Crippen molar-refractivity contribution in [1.82, 2.24) is 0 Å². The molecule has 19 heavy (non-hydrogen) atoms. The van der Waals surface area contributed by atoms with Gasteiger partial charge in [-0.05, 0) is 43.7 Å². The van der Waals surface area contributed by atoms with Gasteiger partial charge in [-0.25, -0.2) is 0 Å². The molecule has 0 aliphatic heterocycles. The average Bonchev–Trinajstić information content (AvgIpc) is 2.41. The number of rotatable bonds is 4. The molecule has 0 spiro atoms. The highest BCUT2D eigenvalue weighted by molar-refractivity contribution is 9.10. The quantitative estimate of drug-likeness (QED) is 0.861. The van der Waals surface area contributed by atoms with Crippen LogP contribution in [0.25, 0.3) is 0 Å². The van der Waals surface area contributed by atoms with Crippen LogP contribution < -0.4 is 10.1 Å². The number of benzene rings is 2. The molecule has 1 N–H and O–H groups in total. The van der Waals surface area contributed by atoms with E-state index in [0.717, 1.165) is 21.5 Å². The molecule has 1 atom stereocenters. The predicted octanol–water partition coefficient (Wildman–Crippen LogP) is 4.94. The molecule has 0 aliphatic rings. The Morgan fingerprint density at radius 3 is 2.58 bits per heavy atom. The first-order valence-corrected chi connectivity index (χ1v) is 7.06. The zero-order chi connectivity index (χ0) is 13.8. The van der Waals surface area contributed by atoms with Gasteiger partial charge in [-0.1, -0.05) is 34.1 Å². The summed E-state index contributed by atoms with van der Waals surface area (Å²) in [5.41, 5.74) is 3.52. The molecule has 0 bridgehead atoms. The third-order valence-corrected chi connectivity index (χ3v) is 3.66. The van der Waals surface area contributed by atoms with Crippen LogP contribution in [0.1, 0.15) is 24.1 Å². The minimum absolute atomic E-state index is 0.191. The molecule has 2 aromatic rings. The maximum absolute atomic E-state index is 5.41. The van der Waals surface area contributed by atoms with Gasteiger partial charge in [-0.15, -0.1) is 0 Å². The minimum Gasteiger partial charge on any atom is -0.496 e. The summed E-state index contributed by atoms with van der Waals surface area (Å²) < 4.78 is 6.50. The molecule has 0 heterocycles. The van der Waals surface area contributed by atoms with E-state index in [1.165, 1.54) is 5.56 Å². The maximum atomic E-state index is 5.41. The van der Waals surface area contributed by atoms with Crippen molar-refractivity contribution in [2.24, 2.45) is 0 Å². The van der Waals surface area contributed by atoms with E-state index < -0.39 is 0 Å². The van der Waals surface area contributed by atoms with E-state index in [1.807, 2.05) is 24.3 Å². The highest BCUT2D eigenvalue weighted by Crippen LogP contribution is 2.29. The second-order valence-electron chi connectivity index (χ2n) is 4.57. The van der Waals surface area contributed by atoms with E-state index in [2.05, 4.69) is 53.3 Å². The zero-order valence-corrected chi connectivity index (χ0v) is 13.0. The molecular formula is C16H18BrNO. The predicted molar refractivity (Wildman–Crippen MR) is 83.9 cm³/mol. The molecule has 0 amide bonds. The van der Waals surface area contributed by atoms with E-state index in [9.17, 15) is 0 Å². The summed E-state index contributed by atoms with van der Waals surface area (Å²) in [6.45, 7) is 4.24. The lowest BCUT2D eigenvalue weighted by atomic mass is 10.1. The number of ether oxygens (including phenoxy) is 1. The summed E-state index contributed by atoms with van der Waals surface area (Å²) in [7, 11) is 1.70. The van der Waals surface area contributed by atoms with Gasteiger partial charge in [0, 0.05) is 15.7 Å². The van der Waals surface area contributed by atoms with Crippen molar-refractivity contribution in [3.8, 4) is 5.75 Å². The molecular weight excluding hydrogens is 302 g/mol. The van der Waals surface area contributed by atoms with Crippen molar-refractivity contribution < 1.29 is 4.74 Å². The van der Waals surface area contributed by atoms with Gasteiger partial charge in [0.05, 0.1) is 13.2 Å². The smallest absolute Gasteiger partial charge is 0.124 e. The second-order valence-corrected chi connectivity index (χ2v) is 5.48. The first kappa shape index (κ1) is 13.9. The fourth-order valence-corrected chi connectivity index (χ4v) is 2.60. The van der Waals surface area contributed by atoms with Crippen LogP contribution in [0.5, 0.6) is 5.75 Å². The third kappa shape index (κ3) is 3.29. The van der Waals surface area contributed by atoms with E-state index in [0.29, 0.717) is 0 Å². The van der Waals surface area contributed by atoms with Crippen LogP contribution in [0.4, 0.5) is 5.69 Å². The number of methoxy groups -OCH3 is 1. The molecule has 0 saturated carbocycles. The Labute approximate surface area is 122 Å². The van der Waals surface area contributed by atoms with E-state index in [-0.39, 0.29) is 6.04 Å². The molecule has 0 aromatic heterocycles. The van der Waals surface area contributed by atoms with Gasteiger partial charge in [0.25, 0.3) is 0 Å². The van der Waals surface area contributed by atoms with Crippen molar-refractivity contribution in [3.05, 3.63) is 58.1 Å². The Hall–Kier alpha value is -1.48. The first-order chi connectivity index (χ1) is 9.11. The maximum Gasteiger partial charge on any atom is 0.124 e. The van der Waals surface area contributed by atoms with Crippen molar-refractivity contribution in [2.45, 2.75) is 19.9 Å². The number of aryl methyl sites for hydroxylation is 1. The molecule has 2 nitrogen and oxygen atoms in total. The minimum atomic E-state index is 0.191. The number of para-hydroxylation sites is 1. The molecule has 0 saturated heterocycles. The van der Waals surface area contributed by atoms with Crippen LogP contribution in [0.2, 0.25) is 0 Å². The Balaban J connectivity index is 2.23. The van der Waals surface area contributed by atoms with Crippen LogP contribution in [-0.2, 0) is 0 Å². The SMILES string of the molecule is COc1ccccc1C(C)Nc1ccc(Br)cc1C. The fraction of sp³-hybridized carbons (Fsp3) is 0.250. The zero-order valence-electron chi connectivity index (χ0n) is 11.4. The Bertz CT molecular complexity index is 568. The van der Waals surface area contributed by atoms with Crippen molar-refractivity contribution in [3.63, 3.8) is 0 Å². The van der Waals surface area contributed by atoms with Gasteiger partial charge in [-0.3, -0.25) is 0 Å². The largest absolute Gasteiger partial charge is 0.496 e. The van der Waals surface area contributed by atoms with Crippen LogP contribution >= 0.6 is 15.9 Å². The van der Waals surface area contributed by atoms with E-state index in [1.54, 1.807) is 7.11 Å². The topological polar surface area (TPSA) is 21.3 Å². The van der Waals surface area contributed by atoms with Crippen molar-refractivity contribution in [2.75, 3.05) is 12.4 Å². The highest BCUT2D eigenvalue weighted by Gasteiger charge is 2.11. The fourth-order valence-electron chi connectivity index (χ4n) is 2.12. The molecule has 3 heteroatoms. The summed E-state index contributed by atoms with van der Waals surface area (Å²) in [4.78, 5) is 0. The summed E-state index contributed by atoms with van der Waals surface area (Å²) >= 11 is 3.48. The molecule has 1 unspecified atom stereocenters. The molecule has 0 fully saturated rings. The van der Waals surface area contributed by atoms with Gasteiger partial charge in [0.2, 0.25) is 0 Å². The number of nitrogens with one attached hydrogen (secondary N) is 1. The van der Waals surface area contributed by atoms with Crippen LogP contribution in [0.15, 0.2) is 46.9 Å². The molecule has 0 aliphatic carbocycles. The molecule has 100 valence electrons. The lowest BCUT2D eigenvalue weighted by Crippen LogP contribution is -2.09. The highest BCUT2D eigenvalue weighted by atomic mass is 79.9. The normalized spacial score (nSPS) is 12.0. The monoisotopic (exact) mass is 319 g/mol. The van der Waals surface area contributed by atoms with Crippen LogP contribution in [0, 0.1) is 6.92 Å². The standard InChI is InChI=1S/C16H18BrNO/c1-11-10-13(17)8-9-15(11)18-12(2)14-6-4-5-7-16(14)19-3/h4-10,12,18H,1-3H3. The second kappa shape index (κ2) is 6.11. The summed E-state index contributed by atoms with van der Waals surface area (Å²) in [6.07, 6.45) is 0. The number of halogens is 1. The molecule has 2 aromatic carbocycles. The average molecular weight is 320 g/mol. The van der Waals surface area contributed by atoms with E-state index in [4.69, 9.17) is 4.74 Å². The first-order valence-electron chi connectivity index (χ1n) is 6.27. The van der Waals surface area contributed by atoms with Crippen molar-refractivity contribution in [1.29, 1.82) is 0 Å². The number of hydrogen-bond donors (Lipinski definition) is 1. The van der Waals surface area contributed by atoms with Crippen molar-refractivity contribution >= 4 is 21.6 Å². The lowest BCUT2D eigenvalue weighted by molar-refractivity contribution is 0.408. The Morgan fingerprint density at radius 1 is 1.16 bits per heavy atom. The molecule has 2 rings (SSSR count). The number of anilines is 1. The van der Waals surface area contributed by atoms with Gasteiger partial charge >= 0.3 is 0 Å². The van der Waals surface area contributed by atoms with Gasteiger partial charge in [0.1, 0.15) is 5.75 Å². The molecule has 0 radical (unpaired) electrons. The Morgan fingerprint density at radius 2 is 1.89 bits per heavy atom. The van der Waals surface area contributed by atoms with Crippen LogP contribution in [0.3, 0.4) is 0 Å². The lowest BCUT2D eigenvalue weighted by Gasteiger charge is -2.19. The van der Waals surface area contributed by atoms with Gasteiger partial charge < -0.3 is 10.1 Å². The summed E-state index contributed by atoms with van der Waals surface area (Å²) in [5, 5.41) is 3.53. The van der Waals surface area contributed by atoms with Crippen LogP contribution in [-0.4, -0.2) is 7.11 Å². The Kier molecular flexibility index (Phi) is 4.48. The number of hydrogen-bond acceptors (Lipinski definition) is 2. The summed E-state index contributed by atoms with van der Waals surface area (Å²) in [5.74, 6) is 0.914. The van der Waals surface area contributed by atoms with Gasteiger partial charge in [0.15, 0.2) is 0 Å².